The first-order valence-electron chi connectivity index (χ1n) is 2.91. The van der Waals surface area contributed by atoms with Crippen molar-refractivity contribution in [1.82, 2.24) is 0 Å². The highest BCUT2D eigenvalue weighted by Crippen LogP contribution is 2.32. The molecule has 60 valence electrons. The molecule has 0 unspecified atom stereocenters. The minimum absolute atomic E-state index is 0.310. The Hall–Kier alpha value is -1.64. The molecule has 0 aliphatic carbocycles. The van der Waals surface area contributed by atoms with Crippen LogP contribution in [0.15, 0.2) is 31.4 Å². The predicted octanol–water partition coefficient (Wildman–Crippen LogP) is 1.61. The van der Waals surface area contributed by atoms with Gasteiger partial charge in [0.25, 0.3) is 0 Å². The van der Waals surface area contributed by atoms with Gasteiger partial charge < -0.3 is 15.3 Å². The molecule has 0 amide bonds. The average Bonchev–Trinajstić information content (AvgIpc) is 2.04. The molecular weight excluding hydrogens is 144 g/mol. The Kier molecular flexibility index (Phi) is 3.59. The summed E-state index contributed by atoms with van der Waals surface area (Å²) >= 11 is 0. The second kappa shape index (κ2) is 4.22. The number of rotatable bonds is 0. The summed E-state index contributed by atoms with van der Waals surface area (Å²) in [6.45, 7) is 6.00. The third kappa shape index (κ3) is 2.21. The maximum absolute atomic E-state index is 8.71. The monoisotopic (exact) mass is 154 g/mol. The Labute approximate surface area is 64.9 Å². The molecule has 0 radical (unpaired) electrons. The summed E-state index contributed by atoms with van der Waals surface area (Å²) in [5.74, 6) is -1.09. The lowest BCUT2D eigenvalue weighted by Gasteiger charge is -1.96. The number of hydrogen-bond acceptors (Lipinski definition) is 3. The van der Waals surface area contributed by atoms with Crippen molar-refractivity contribution in [3.8, 4) is 17.2 Å². The third-order valence-corrected chi connectivity index (χ3v) is 0.993. The van der Waals surface area contributed by atoms with Crippen LogP contribution < -0.4 is 0 Å². The van der Waals surface area contributed by atoms with Crippen molar-refractivity contribution in [2.75, 3.05) is 0 Å². The van der Waals surface area contributed by atoms with E-state index in [4.69, 9.17) is 15.3 Å². The fraction of sp³-hybridized carbons (Fsp3) is 0. The molecule has 11 heavy (non-hydrogen) atoms. The van der Waals surface area contributed by atoms with E-state index in [0.717, 1.165) is 0 Å². The van der Waals surface area contributed by atoms with Gasteiger partial charge in [0.15, 0.2) is 17.2 Å². The zero-order valence-electron chi connectivity index (χ0n) is 5.99. The quantitative estimate of drug-likeness (QED) is 0.393. The Bertz CT molecular complexity index is 213. The average molecular weight is 154 g/mol. The van der Waals surface area contributed by atoms with Crippen LogP contribution in [0.1, 0.15) is 0 Å². The number of benzene rings is 1. The zero-order valence-corrected chi connectivity index (χ0v) is 5.99. The number of para-hydroxylation sites is 1. The Balaban J connectivity index is 0.000000461. The lowest BCUT2D eigenvalue weighted by atomic mass is 10.3. The van der Waals surface area contributed by atoms with E-state index in [1.54, 1.807) is 0 Å². The van der Waals surface area contributed by atoms with E-state index in [9.17, 15) is 0 Å². The van der Waals surface area contributed by atoms with Gasteiger partial charge in [-0.05, 0) is 12.1 Å². The van der Waals surface area contributed by atoms with Gasteiger partial charge in [-0.25, -0.2) is 0 Å². The highest BCUT2D eigenvalue weighted by molar-refractivity contribution is 5.47. The largest absolute Gasteiger partial charge is 0.504 e. The molecule has 0 saturated heterocycles. The first kappa shape index (κ1) is 9.36. The molecule has 3 heteroatoms. The topological polar surface area (TPSA) is 60.7 Å². The Morgan fingerprint density at radius 3 is 1.55 bits per heavy atom. The summed E-state index contributed by atoms with van der Waals surface area (Å²) in [7, 11) is 0. The fourth-order valence-corrected chi connectivity index (χ4v) is 0.519. The molecule has 0 aliphatic rings. The van der Waals surface area contributed by atoms with E-state index in [0.29, 0.717) is 0 Å². The van der Waals surface area contributed by atoms with Crippen molar-refractivity contribution in [2.24, 2.45) is 0 Å². The molecule has 1 rings (SSSR count). The van der Waals surface area contributed by atoms with Gasteiger partial charge in [0, 0.05) is 0 Å². The van der Waals surface area contributed by atoms with Crippen molar-refractivity contribution in [1.29, 1.82) is 0 Å². The van der Waals surface area contributed by atoms with E-state index in [-0.39, 0.29) is 11.5 Å². The van der Waals surface area contributed by atoms with Crippen LogP contribution in [0.5, 0.6) is 17.2 Å². The molecule has 3 N–H and O–H groups in total. The van der Waals surface area contributed by atoms with E-state index in [1.165, 1.54) is 18.2 Å². The molecule has 0 atom stereocenters. The second-order valence-corrected chi connectivity index (χ2v) is 1.64. The van der Waals surface area contributed by atoms with Crippen LogP contribution >= 0.6 is 0 Å². The SMILES string of the molecule is C=C.Oc1cccc(O)c1O. The minimum atomic E-state index is -0.475. The van der Waals surface area contributed by atoms with Gasteiger partial charge in [-0.15, -0.1) is 13.2 Å². The standard InChI is InChI=1S/C6H6O3.C2H4/c7-4-2-1-3-5(8)6(4)9;1-2/h1-3,7-9H;1-2H2. The van der Waals surface area contributed by atoms with Crippen molar-refractivity contribution < 1.29 is 15.3 Å². The lowest BCUT2D eigenvalue weighted by Crippen LogP contribution is -1.67. The second-order valence-electron chi connectivity index (χ2n) is 1.64. The molecule has 3 nitrogen and oxygen atoms in total. The summed E-state index contributed by atoms with van der Waals surface area (Å²) in [6, 6.07) is 4.01. The lowest BCUT2D eigenvalue weighted by molar-refractivity contribution is 0.368. The molecule has 0 aliphatic heterocycles. The maximum Gasteiger partial charge on any atom is 0.200 e. The van der Waals surface area contributed by atoms with Gasteiger partial charge in [0.2, 0.25) is 0 Å². The molecule has 0 bridgehead atoms. The highest BCUT2D eigenvalue weighted by atomic mass is 16.3. The predicted molar refractivity (Wildman–Crippen MR) is 42.7 cm³/mol. The van der Waals surface area contributed by atoms with Crippen molar-refractivity contribution in [3.63, 3.8) is 0 Å². The van der Waals surface area contributed by atoms with Crippen molar-refractivity contribution in [3.05, 3.63) is 31.4 Å². The van der Waals surface area contributed by atoms with E-state index >= 15 is 0 Å². The smallest absolute Gasteiger partial charge is 0.200 e. The molecule has 0 heterocycles. The third-order valence-electron chi connectivity index (χ3n) is 0.993. The fourth-order valence-electron chi connectivity index (χ4n) is 0.519. The van der Waals surface area contributed by atoms with E-state index in [2.05, 4.69) is 13.2 Å². The van der Waals surface area contributed by atoms with Crippen LogP contribution in [0, 0.1) is 0 Å². The van der Waals surface area contributed by atoms with Crippen LogP contribution in [-0.2, 0) is 0 Å². The van der Waals surface area contributed by atoms with Gasteiger partial charge >= 0.3 is 0 Å². The molecule has 0 spiro atoms. The molecule has 1 aromatic rings. The summed E-state index contributed by atoms with van der Waals surface area (Å²) < 4.78 is 0. The number of hydrogen-bond donors (Lipinski definition) is 3. The molecular formula is C8H10O3. The molecule has 0 aromatic heterocycles. The van der Waals surface area contributed by atoms with Gasteiger partial charge in [-0.1, -0.05) is 6.07 Å². The van der Waals surface area contributed by atoms with Gasteiger partial charge in [0.05, 0.1) is 0 Å². The summed E-state index contributed by atoms with van der Waals surface area (Å²) in [5.41, 5.74) is 0. The molecule has 0 fully saturated rings. The number of aromatic hydroxyl groups is 3. The summed E-state index contributed by atoms with van der Waals surface area (Å²) in [5, 5.41) is 26.1. The molecule has 0 saturated carbocycles. The van der Waals surface area contributed by atoms with Crippen molar-refractivity contribution >= 4 is 0 Å². The van der Waals surface area contributed by atoms with Gasteiger partial charge in [0.1, 0.15) is 0 Å². The normalized spacial score (nSPS) is 8.00. The number of phenolic OH excluding ortho intramolecular Hbond substituents is 3. The Morgan fingerprint density at radius 1 is 0.909 bits per heavy atom. The first-order valence-corrected chi connectivity index (χ1v) is 2.91. The first-order chi connectivity index (χ1) is 5.22. The zero-order chi connectivity index (χ0) is 8.85. The minimum Gasteiger partial charge on any atom is -0.504 e. The van der Waals surface area contributed by atoms with E-state index < -0.39 is 5.75 Å². The van der Waals surface area contributed by atoms with Crippen molar-refractivity contribution in [2.45, 2.75) is 0 Å². The summed E-state index contributed by atoms with van der Waals surface area (Å²) in [6.07, 6.45) is 0. The Morgan fingerprint density at radius 2 is 1.27 bits per heavy atom. The van der Waals surface area contributed by atoms with Gasteiger partial charge in [-0.2, -0.15) is 0 Å². The molecule has 1 aromatic carbocycles. The highest BCUT2D eigenvalue weighted by Gasteiger charge is 2.00. The maximum atomic E-state index is 8.71. The van der Waals surface area contributed by atoms with Crippen LogP contribution in [0.25, 0.3) is 0 Å². The van der Waals surface area contributed by atoms with Gasteiger partial charge in [-0.3, -0.25) is 0 Å². The number of phenols is 3. The van der Waals surface area contributed by atoms with E-state index in [1.807, 2.05) is 0 Å². The summed E-state index contributed by atoms with van der Waals surface area (Å²) in [4.78, 5) is 0. The van der Waals surface area contributed by atoms with Crippen LogP contribution in [0.2, 0.25) is 0 Å². The van der Waals surface area contributed by atoms with Crippen LogP contribution in [0.3, 0.4) is 0 Å². The van der Waals surface area contributed by atoms with Crippen LogP contribution in [0.4, 0.5) is 0 Å². The van der Waals surface area contributed by atoms with Crippen LogP contribution in [-0.4, -0.2) is 15.3 Å².